The Bertz CT molecular complexity index is 3570. The fourth-order valence-electron chi connectivity index (χ4n) is 9.29. The van der Waals surface area contributed by atoms with E-state index < -0.39 is 0 Å². The molecule has 0 atom stereocenters. The minimum Gasteiger partial charge on any atom is -0.454 e. The summed E-state index contributed by atoms with van der Waals surface area (Å²) in [7, 11) is 0. The summed E-state index contributed by atoms with van der Waals surface area (Å²) < 4.78 is 9.02. The lowest BCUT2D eigenvalue weighted by Crippen LogP contribution is -2.10. The number of hydrogen-bond donors (Lipinski definition) is 0. The lowest BCUT2D eigenvalue weighted by atomic mass is 10.00. The Labute approximate surface area is 366 Å². The third-order valence-electron chi connectivity index (χ3n) is 12.4. The molecule has 3 nitrogen and oxygen atoms in total. The van der Waals surface area contributed by atoms with Gasteiger partial charge in [-0.15, -0.1) is 0 Å². The first-order valence-electron chi connectivity index (χ1n) is 21.5. The van der Waals surface area contributed by atoms with Crippen molar-refractivity contribution in [1.82, 2.24) is 4.57 Å². The first-order chi connectivity index (χ1) is 31.2. The van der Waals surface area contributed by atoms with Crippen molar-refractivity contribution in [2.24, 2.45) is 0 Å². The van der Waals surface area contributed by atoms with E-state index in [1.807, 2.05) is 12.1 Å². The molecule has 12 rings (SSSR count). The molecule has 0 unspecified atom stereocenters. The van der Waals surface area contributed by atoms with Crippen LogP contribution in [0, 0.1) is 0 Å². The molecule has 0 fully saturated rings. The van der Waals surface area contributed by atoms with Gasteiger partial charge in [0.2, 0.25) is 0 Å². The van der Waals surface area contributed by atoms with Crippen LogP contribution in [0.1, 0.15) is 0 Å². The van der Waals surface area contributed by atoms with Crippen molar-refractivity contribution in [2.45, 2.75) is 0 Å². The van der Waals surface area contributed by atoms with Crippen LogP contribution < -0.4 is 4.90 Å². The zero-order valence-electron chi connectivity index (χ0n) is 34.4. The summed E-state index contributed by atoms with van der Waals surface area (Å²) in [4.78, 5) is 2.32. The highest BCUT2D eigenvalue weighted by Gasteiger charge is 2.20. The molecule has 0 aliphatic carbocycles. The van der Waals surface area contributed by atoms with Gasteiger partial charge < -0.3 is 13.9 Å². The van der Waals surface area contributed by atoms with E-state index in [0.717, 1.165) is 55.8 Å². The summed E-state index contributed by atoms with van der Waals surface area (Å²) in [6.45, 7) is 0. The van der Waals surface area contributed by atoms with Gasteiger partial charge in [-0.05, 0) is 111 Å². The summed E-state index contributed by atoms with van der Waals surface area (Å²) in [6, 6.07) is 87.0. The third kappa shape index (κ3) is 6.46. The second-order valence-corrected chi connectivity index (χ2v) is 16.1. The highest BCUT2D eigenvalue weighted by molar-refractivity contribution is 6.11. The van der Waals surface area contributed by atoms with E-state index in [4.69, 9.17) is 4.42 Å². The van der Waals surface area contributed by atoms with Gasteiger partial charge in [-0.25, -0.2) is 0 Å². The van der Waals surface area contributed by atoms with Crippen LogP contribution in [0.3, 0.4) is 0 Å². The van der Waals surface area contributed by atoms with E-state index in [9.17, 15) is 0 Å². The molecule has 2 heterocycles. The maximum atomic E-state index is 6.63. The van der Waals surface area contributed by atoms with Crippen LogP contribution in [0.2, 0.25) is 0 Å². The molecule has 0 aliphatic heterocycles. The molecule has 0 N–H and O–H groups in total. The number of fused-ring (bicyclic) bond motifs is 6. The fraction of sp³-hybridized carbons (Fsp3) is 0. The van der Waals surface area contributed by atoms with Gasteiger partial charge in [-0.1, -0.05) is 176 Å². The standard InChI is InChI=1S/C60H40N2O/c1-3-12-41(13-4-1)43-22-24-44(25-23-43)46-26-33-49(34-27-46)61(58-20-11-18-54-53-17-8-10-21-59(53)63-60(54)58)50-35-30-47(31-36-50)48-32-39-57-55(40-48)52-16-7-9-19-56(52)62(57)51-37-28-45(29-38-51)42-14-5-2-6-15-42/h1-40H. The van der Waals surface area contributed by atoms with Gasteiger partial charge >= 0.3 is 0 Å². The molecule has 12 aromatic rings. The van der Waals surface area contributed by atoms with Crippen molar-refractivity contribution in [3.8, 4) is 50.2 Å². The number of nitrogens with zero attached hydrogens (tertiary/aromatic N) is 2. The smallest absolute Gasteiger partial charge is 0.159 e. The van der Waals surface area contributed by atoms with E-state index in [1.165, 1.54) is 55.2 Å². The van der Waals surface area contributed by atoms with Gasteiger partial charge in [0.05, 0.1) is 16.7 Å². The highest BCUT2D eigenvalue weighted by Crippen LogP contribution is 2.43. The first kappa shape index (κ1) is 36.5. The number of para-hydroxylation sites is 3. The second-order valence-electron chi connectivity index (χ2n) is 16.1. The van der Waals surface area contributed by atoms with Crippen molar-refractivity contribution < 1.29 is 4.42 Å². The lowest BCUT2D eigenvalue weighted by Gasteiger charge is -2.26. The van der Waals surface area contributed by atoms with E-state index >= 15 is 0 Å². The van der Waals surface area contributed by atoms with Crippen LogP contribution in [0.25, 0.3) is 93.9 Å². The van der Waals surface area contributed by atoms with E-state index in [1.54, 1.807) is 0 Å². The minimum atomic E-state index is 0.861. The first-order valence-corrected chi connectivity index (χ1v) is 21.5. The monoisotopic (exact) mass is 804 g/mol. The van der Waals surface area contributed by atoms with Crippen LogP contribution in [0.15, 0.2) is 247 Å². The largest absolute Gasteiger partial charge is 0.454 e. The maximum Gasteiger partial charge on any atom is 0.159 e. The molecule has 0 spiro atoms. The van der Waals surface area contributed by atoms with Gasteiger partial charge in [0.15, 0.2) is 5.58 Å². The van der Waals surface area contributed by atoms with Crippen molar-refractivity contribution >= 4 is 60.8 Å². The molecule has 0 radical (unpaired) electrons. The topological polar surface area (TPSA) is 21.3 Å². The average molecular weight is 805 g/mol. The molecule has 10 aromatic carbocycles. The summed E-state index contributed by atoms with van der Waals surface area (Å²) in [6.07, 6.45) is 0. The second kappa shape index (κ2) is 15.3. The number of hydrogen-bond acceptors (Lipinski definition) is 2. The van der Waals surface area contributed by atoms with Crippen LogP contribution >= 0.6 is 0 Å². The Morgan fingerprint density at radius 3 is 1.37 bits per heavy atom. The summed E-state index contributed by atoms with van der Waals surface area (Å²) >= 11 is 0. The summed E-state index contributed by atoms with van der Waals surface area (Å²) in [5, 5.41) is 4.67. The number of aromatic nitrogens is 1. The predicted octanol–water partition coefficient (Wildman–Crippen LogP) is 16.8. The molecular formula is C60H40N2O. The number of benzene rings is 10. The summed E-state index contributed by atoms with van der Waals surface area (Å²) in [5.74, 6) is 0. The Morgan fingerprint density at radius 2 is 0.746 bits per heavy atom. The van der Waals surface area contributed by atoms with E-state index in [-0.39, 0.29) is 0 Å². The molecule has 63 heavy (non-hydrogen) atoms. The number of furan rings is 1. The van der Waals surface area contributed by atoms with Gasteiger partial charge in [0.1, 0.15) is 5.58 Å². The lowest BCUT2D eigenvalue weighted by molar-refractivity contribution is 0.669. The molecule has 0 saturated heterocycles. The van der Waals surface area contributed by atoms with Crippen molar-refractivity contribution in [2.75, 3.05) is 4.90 Å². The van der Waals surface area contributed by atoms with Crippen LogP contribution in [0.4, 0.5) is 17.1 Å². The number of rotatable bonds is 8. The summed E-state index contributed by atoms with van der Waals surface area (Å²) in [5.41, 5.74) is 17.9. The Balaban J connectivity index is 0.918. The number of anilines is 3. The Kier molecular flexibility index (Phi) is 8.83. The fourth-order valence-corrected chi connectivity index (χ4v) is 9.29. The Hall–Kier alpha value is -8.40. The SMILES string of the molecule is c1ccc(-c2ccc(-c3ccc(N(c4ccc(-c5ccc6c(c5)c5ccccc5n6-c5ccc(-c6ccccc6)cc5)cc4)c4cccc5c4oc4ccccc45)cc3)cc2)cc1. The quantitative estimate of drug-likeness (QED) is 0.153. The molecule has 0 saturated carbocycles. The van der Waals surface area contributed by atoms with Gasteiger partial charge in [-0.3, -0.25) is 0 Å². The Morgan fingerprint density at radius 1 is 0.302 bits per heavy atom. The van der Waals surface area contributed by atoms with Crippen LogP contribution in [-0.2, 0) is 0 Å². The zero-order valence-corrected chi connectivity index (χ0v) is 34.4. The van der Waals surface area contributed by atoms with Gasteiger partial charge in [0.25, 0.3) is 0 Å². The molecule has 0 aliphatic rings. The van der Waals surface area contributed by atoms with Gasteiger partial charge in [-0.2, -0.15) is 0 Å². The maximum absolute atomic E-state index is 6.63. The third-order valence-corrected chi connectivity index (χ3v) is 12.4. The predicted molar refractivity (Wildman–Crippen MR) is 264 cm³/mol. The molecule has 0 bridgehead atoms. The molecular weight excluding hydrogens is 765 g/mol. The highest BCUT2D eigenvalue weighted by atomic mass is 16.3. The molecule has 296 valence electrons. The van der Waals surface area contributed by atoms with E-state index in [2.05, 4.69) is 240 Å². The van der Waals surface area contributed by atoms with Crippen molar-refractivity contribution in [3.63, 3.8) is 0 Å². The van der Waals surface area contributed by atoms with Crippen LogP contribution in [-0.4, -0.2) is 4.57 Å². The molecule has 2 aromatic heterocycles. The normalized spacial score (nSPS) is 11.5. The van der Waals surface area contributed by atoms with Crippen molar-refractivity contribution in [1.29, 1.82) is 0 Å². The minimum absolute atomic E-state index is 0.861. The zero-order chi connectivity index (χ0) is 41.7. The van der Waals surface area contributed by atoms with Crippen molar-refractivity contribution in [3.05, 3.63) is 243 Å². The van der Waals surface area contributed by atoms with E-state index in [0.29, 0.717) is 0 Å². The molecule has 3 heteroatoms. The van der Waals surface area contributed by atoms with Crippen LogP contribution in [0.5, 0.6) is 0 Å². The molecule has 0 amide bonds. The van der Waals surface area contributed by atoms with Gasteiger partial charge in [0, 0.05) is 38.6 Å². The average Bonchev–Trinajstić information content (AvgIpc) is 3.91.